The molecule has 0 saturated heterocycles. The van der Waals surface area contributed by atoms with Crippen LogP contribution >= 0.6 is 0 Å². The molecule has 0 bridgehead atoms. The molecule has 16 heavy (non-hydrogen) atoms. The maximum Gasteiger partial charge on any atom is 0.246 e. The Bertz CT molecular complexity index is 435. The Kier molecular flexibility index (Phi) is 2.30. The van der Waals surface area contributed by atoms with E-state index in [0.717, 1.165) is 11.4 Å². The van der Waals surface area contributed by atoms with Crippen molar-refractivity contribution in [1.29, 1.82) is 0 Å². The highest BCUT2D eigenvalue weighted by Crippen LogP contribution is 2.36. The Morgan fingerprint density at radius 1 is 1.38 bits per heavy atom. The van der Waals surface area contributed by atoms with Gasteiger partial charge < -0.3 is 15.3 Å². The number of nitrogens with zero attached hydrogens (tertiary/aromatic N) is 1. The molecule has 2 N–H and O–H groups in total. The first-order valence-electron chi connectivity index (χ1n) is 5.29. The number of fused-ring (bicyclic) bond motifs is 1. The van der Waals surface area contributed by atoms with E-state index in [2.05, 4.69) is 5.32 Å². The van der Waals surface area contributed by atoms with Crippen LogP contribution < -0.4 is 10.2 Å². The first-order chi connectivity index (χ1) is 7.39. The van der Waals surface area contributed by atoms with Gasteiger partial charge in [0, 0.05) is 11.6 Å². The molecule has 0 saturated carbocycles. The van der Waals surface area contributed by atoms with Crippen molar-refractivity contribution in [1.82, 2.24) is 0 Å². The number of carbonyl (C=O) groups excluding carboxylic acids is 1. The molecule has 0 spiro atoms. The third kappa shape index (κ3) is 1.71. The number of carbonyl (C=O) groups is 1. The van der Waals surface area contributed by atoms with Crippen LogP contribution in [0.4, 0.5) is 11.4 Å². The van der Waals surface area contributed by atoms with Gasteiger partial charge in [0.1, 0.15) is 5.75 Å². The van der Waals surface area contributed by atoms with Gasteiger partial charge in [0.25, 0.3) is 0 Å². The van der Waals surface area contributed by atoms with Gasteiger partial charge in [-0.1, -0.05) is 0 Å². The third-order valence-electron chi connectivity index (χ3n) is 2.57. The van der Waals surface area contributed by atoms with E-state index >= 15 is 0 Å². The first kappa shape index (κ1) is 10.8. The SMILES string of the molecule is CC(C)(C)N1C(=O)CNc2cc(O)ccc21. The van der Waals surface area contributed by atoms with Gasteiger partial charge in [-0.25, -0.2) is 0 Å². The molecule has 1 aliphatic rings. The molecule has 1 aliphatic heterocycles. The Morgan fingerprint density at radius 3 is 2.69 bits per heavy atom. The Balaban J connectivity index is 2.53. The fourth-order valence-corrected chi connectivity index (χ4v) is 1.98. The average Bonchev–Trinajstić information content (AvgIpc) is 2.16. The lowest BCUT2D eigenvalue weighted by Crippen LogP contribution is -2.50. The van der Waals surface area contributed by atoms with Gasteiger partial charge in [-0.15, -0.1) is 0 Å². The normalized spacial score (nSPS) is 15.7. The number of anilines is 2. The van der Waals surface area contributed by atoms with E-state index in [0.29, 0.717) is 0 Å². The van der Waals surface area contributed by atoms with E-state index in [-0.39, 0.29) is 23.7 Å². The first-order valence-corrected chi connectivity index (χ1v) is 5.29. The van der Waals surface area contributed by atoms with Crippen LogP contribution in [0.15, 0.2) is 18.2 Å². The quantitative estimate of drug-likeness (QED) is 0.702. The lowest BCUT2D eigenvalue weighted by Gasteiger charge is -2.39. The monoisotopic (exact) mass is 220 g/mol. The predicted molar refractivity (Wildman–Crippen MR) is 63.8 cm³/mol. The molecule has 2 rings (SSSR count). The van der Waals surface area contributed by atoms with Gasteiger partial charge in [-0.2, -0.15) is 0 Å². The summed E-state index contributed by atoms with van der Waals surface area (Å²) in [6, 6.07) is 5.00. The van der Waals surface area contributed by atoms with E-state index in [9.17, 15) is 9.90 Å². The summed E-state index contributed by atoms with van der Waals surface area (Å²) in [7, 11) is 0. The molecule has 0 unspecified atom stereocenters. The van der Waals surface area contributed by atoms with Crippen molar-refractivity contribution in [2.45, 2.75) is 26.3 Å². The number of benzene rings is 1. The summed E-state index contributed by atoms with van der Waals surface area (Å²) in [6.07, 6.45) is 0. The summed E-state index contributed by atoms with van der Waals surface area (Å²) in [5, 5.41) is 12.4. The van der Waals surface area contributed by atoms with Gasteiger partial charge in [-0.05, 0) is 32.9 Å². The van der Waals surface area contributed by atoms with E-state index in [1.165, 1.54) is 0 Å². The minimum atomic E-state index is -0.259. The molecule has 1 amide bonds. The number of aromatic hydroxyl groups is 1. The summed E-state index contributed by atoms with van der Waals surface area (Å²) in [4.78, 5) is 13.7. The number of hydrogen-bond donors (Lipinski definition) is 2. The predicted octanol–water partition coefficient (Wildman–Crippen LogP) is 1.95. The highest BCUT2D eigenvalue weighted by Gasteiger charge is 2.32. The van der Waals surface area contributed by atoms with Crippen LogP contribution in [0.3, 0.4) is 0 Å². The van der Waals surface area contributed by atoms with Crippen LogP contribution in [-0.4, -0.2) is 23.1 Å². The summed E-state index contributed by atoms with van der Waals surface area (Å²) in [6.45, 7) is 6.25. The molecule has 0 radical (unpaired) electrons. The molecule has 1 aromatic rings. The fraction of sp³-hybridized carbons (Fsp3) is 0.417. The van der Waals surface area contributed by atoms with Gasteiger partial charge in [0.15, 0.2) is 0 Å². The van der Waals surface area contributed by atoms with Gasteiger partial charge in [0.2, 0.25) is 5.91 Å². The van der Waals surface area contributed by atoms with Crippen molar-refractivity contribution >= 4 is 17.3 Å². The number of amides is 1. The number of phenolic OH excluding ortho intramolecular Hbond substituents is 1. The third-order valence-corrected chi connectivity index (χ3v) is 2.57. The van der Waals surface area contributed by atoms with Crippen LogP contribution in [-0.2, 0) is 4.79 Å². The van der Waals surface area contributed by atoms with E-state index in [1.807, 2.05) is 20.8 Å². The standard InChI is InChI=1S/C12H16N2O2/c1-12(2,3)14-10-5-4-8(15)6-9(10)13-7-11(14)16/h4-6,13,15H,7H2,1-3H3. The zero-order chi connectivity index (χ0) is 11.9. The minimum absolute atomic E-state index is 0.0469. The largest absolute Gasteiger partial charge is 0.508 e. The van der Waals surface area contributed by atoms with Crippen LogP contribution in [0, 0.1) is 0 Å². The summed E-state index contributed by atoms with van der Waals surface area (Å²) < 4.78 is 0. The number of hydrogen-bond acceptors (Lipinski definition) is 3. The van der Waals surface area contributed by atoms with Crippen LogP contribution in [0.5, 0.6) is 5.75 Å². The molecule has 0 fully saturated rings. The molecular weight excluding hydrogens is 204 g/mol. The lowest BCUT2D eigenvalue weighted by molar-refractivity contribution is -0.118. The van der Waals surface area contributed by atoms with Gasteiger partial charge in [-0.3, -0.25) is 4.79 Å². The maximum absolute atomic E-state index is 11.9. The number of nitrogens with one attached hydrogen (secondary N) is 1. The van der Waals surface area contributed by atoms with Gasteiger partial charge in [0.05, 0.1) is 17.9 Å². The second-order valence-corrected chi connectivity index (χ2v) is 4.95. The highest BCUT2D eigenvalue weighted by molar-refractivity contribution is 6.03. The van der Waals surface area contributed by atoms with Crippen molar-refractivity contribution in [2.24, 2.45) is 0 Å². The molecule has 86 valence electrons. The summed E-state index contributed by atoms with van der Waals surface area (Å²) >= 11 is 0. The van der Waals surface area contributed by atoms with Crippen LogP contribution in [0.2, 0.25) is 0 Å². The fourth-order valence-electron chi connectivity index (χ4n) is 1.98. The van der Waals surface area contributed by atoms with Crippen molar-refractivity contribution < 1.29 is 9.90 Å². The van der Waals surface area contributed by atoms with E-state index in [4.69, 9.17) is 0 Å². The van der Waals surface area contributed by atoms with E-state index < -0.39 is 0 Å². The highest BCUT2D eigenvalue weighted by atomic mass is 16.3. The summed E-state index contributed by atoms with van der Waals surface area (Å²) in [5.74, 6) is 0.250. The lowest BCUT2D eigenvalue weighted by atomic mass is 10.0. The van der Waals surface area contributed by atoms with E-state index in [1.54, 1.807) is 23.1 Å². The van der Waals surface area contributed by atoms with Gasteiger partial charge >= 0.3 is 0 Å². The Labute approximate surface area is 94.9 Å². The maximum atomic E-state index is 11.9. The Hall–Kier alpha value is -1.71. The smallest absolute Gasteiger partial charge is 0.246 e. The topological polar surface area (TPSA) is 52.6 Å². The van der Waals surface area contributed by atoms with Crippen LogP contribution in [0.1, 0.15) is 20.8 Å². The number of phenols is 1. The Morgan fingerprint density at radius 2 is 2.06 bits per heavy atom. The summed E-state index contributed by atoms with van der Waals surface area (Å²) in [5.41, 5.74) is 1.36. The van der Waals surface area contributed by atoms with Crippen molar-refractivity contribution in [3.63, 3.8) is 0 Å². The zero-order valence-corrected chi connectivity index (χ0v) is 9.74. The zero-order valence-electron chi connectivity index (χ0n) is 9.74. The molecule has 4 nitrogen and oxygen atoms in total. The van der Waals surface area contributed by atoms with Crippen molar-refractivity contribution in [2.75, 3.05) is 16.8 Å². The number of rotatable bonds is 0. The van der Waals surface area contributed by atoms with Crippen molar-refractivity contribution in [3.05, 3.63) is 18.2 Å². The molecular formula is C12H16N2O2. The molecule has 4 heteroatoms. The van der Waals surface area contributed by atoms with Crippen LogP contribution in [0.25, 0.3) is 0 Å². The molecule has 0 aromatic heterocycles. The van der Waals surface area contributed by atoms with Crippen molar-refractivity contribution in [3.8, 4) is 5.75 Å². The second kappa shape index (κ2) is 3.40. The molecule has 0 aliphatic carbocycles. The minimum Gasteiger partial charge on any atom is -0.508 e. The molecule has 1 heterocycles. The second-order valence-electron chi connectivity index (χ2n) is 4.95. The molecule has 0 atom stereocenters. The average molecular weight is 220 g/mol. The molecule has 1 aromatic carbocycles.